The Labute approximate surface area is 124 Å². The first kappa shape index (κ1) is 14.7. The summed E-state index contributed by atoms with van der Waals surface area (Å²) in [7, 11) is 0. The minimum absolute atomic E-state index is 0.322. The summed E-state index contributed by atoms with van der Waals surface area (Å²) in [5.41, 5.74) is 0.322. The molecule has 5 nitrogen and oxygen atoms in total. The number of thiophene rings is 1. The lowest BCUT2D eigenvalue weighted by molar-refractivity contribution is -0.141. The summed E-state index contributed by atoms with van der Waals surface area (Å²) in [6.07, 6.45) is 0. The first-order valence-corrected chi connectivity index (χ1v) is 7.78. The van der Waals surface area contributed by atoms with Gasteiger partial charge in [0.25, 0.3) is 5.91 Å². The lowest BCUT2D eigenvalue weighted by Crippen LogP contribution is -2.40. The topological polar surface area (TPSA) is 79.3 Å². The molecule has 0 radical (unpaired) electrons. The monoisotopic (exact) mass is 310 g/mol. The predicted octanol–water partition coefficient (Wildman–Crippen LogP) is 2.71. The first-order valence-electron chi connectivity index (χ1n) is 6.02. The SMILES string of the molecule is CC(NC(=O)c1csc(-c2cccs2)n1)C(C)C(=O)O. The Morgan fingerprint density at radius 2 is 2.10 bits per heavy atom. The number of aliphatic carboxylic acids is 1. The van der Waals surface area contributed by atoms with Gasteiger partial charge in [0.2, 0.25) is 0 Å². The summed E-state index contributed by atoms with van der Waals surface area (Å²) in [5.74, 6) is -1.92. The van der Waals surface area contributed by atoms with Crippen LogP contribution in [0.2, 0.25) is 0 Å². The van der Waals surface area contributed by atoms with Crippen LogP contribution in [0.3, 0.4) is 0 Å². The van der Waals surface area contributed by atoms with E-state index in [2.05, 4.69) is 10.3 Å². The van der Waals surface area contributed by atoms with Crippen LogP contribution < -0.4 is 5.32 Å². The highest BCUT2D eigenvalue weighted by Gasteiger charge is 2.22. The van der Waals surface area contributed by atoms with Crippen LogP contribution in [-0.4, -0.2) is 28.0 Å². The van der Waals surface area contributed by atoms with E-state index in [9.17, 15) is 9.59 Å². The van der Waals surface area contributed by atoms with Gasteiger partial charge in [0.15, 0.2) is 0 Å². The number of nitrogens with one attached hydrogen (secondary N) is 1. The molecule has 0 saturated carbocycles. The molecule has 2 N–H and O–H groups in total. The fraction of sp³-hybridized carbons (Fsp3) is 0.308. The van der Waals surface area contributed by atoms with E-state index >= 15 is 0 Å². The molecule has 7 heteroatoms. The van der Waals surface area contributed by atoms with Gasteiger partial charge in [-0.15, -0.1) is 22.7 Å². The molecule has 20 heavy (non-hydrogen) atoms. The Morgan fingerprint density at radius 1 is 1.35 bits per heavy atom. The molecule has 2 unspecified atom stereocenters. The second kappa shape index (κ2) is 6.15. The number of carboxylic acid groups (broad SMARTS) is 1. The average Bonchev–Trinajstić information content (AvgIpc) is 3.07. The van der Waals surface area contributed by atoms with E-state index in [1.807, 2.05) is 17.5 Å². The van der Waals surface area contributed by atoms with E-state index in [1.165, 1.54) is 11.3 Å². The maximum atomic E-state index is 12.0. The van der Waals surface area contributed by atoms with Gasteiger partial charge in [0.1, 0.15) is 10.7 Å². The summed E-state index contributed by atoms with van der Waals surface area (Å²) >= 11 is 2.96. The fourth-order valence-corrected chi connectivity index (χ4v) is 3.13. The maximum Gasteiger partial charge on any atom is 0.308 e. The Kier molecular flexibility index (Phi) is 4.51. The summed E-state index contributed by atoms with van der Waals surface area (Å²) in [4.78, 5) is 28.2. The molecule has 0 bridgehead atoms. The summed E-state index contributed by atoms with van der Waals surface area (Å²) in [6, 6.07) is 3.42. The highest BCUT2D eigenvalue weighted by molar-refractivity contribution is 7.20. The Morgan fingerprint density at radius 3 is 2.70 bits per heavy atom. The van der Waals surface area contributed by atoms with E-state index in [4.69, 9.17) is 5.11 Å². The third-order valence-corrected chi connectivity index (χ3v) is 4.85. The number of aromatic nitrogens is 1. The second-order valence-electron chi connectivity index (χ2n) is 4.40. The van der Waals surface area contributed by atoms with Crippen molar-refractivity contribution in [1.29, 1.82) is 0 Å². The molecule has 2 aromatic rings. The summed E-state index contributed by atoms with van der Waals surface area (Å²) in [6.45, 7) is 3.23. The molecule has 0 spiro atoms. The molecule has 0 aliphatic rings. The van der Waals surface area contributed by atoms with Gasteiger partial charge in [0, 0.05) is 11.4 Å². The molecular formula is C13H14N2O3S2. The number of thiazole rings is 1. The highest BCUT2D eigenvalue weighted by Crippen LogP contribution is 2.27. The molecule has 2 atom stereocenters. The third kappa shape index (κ3) is 3.23. The van der Waals surface area contributed by atoms with Crippen LogP contribution in [0.25, 0.3) is 9.88 Å². The van der Waals surface area contributed by atoms with E-state index in [1.54, 1.807) is 30.6 Å². The van der Waals surface area contributed by atoms with E-state index in [0.29, 0.717) is 5.69 Å². The van der Waals surface area contributed by atoms with Crippen LogP contribution in [0.15, 0.2) is 22.9 Å². The number of carboxylic acids is 1. The molecule has 2 rings (SSSR count). The number of carbonyl (C=O) groups excluding carboxylic acids is 1. The van der Waals surface area contributed by atoms with Gasteiger partial charge in [-0.25, -0.2) is 4.98 Å². The van der Waals surface area contributed by atoms with Gasteiger partial charge < -0.3 is 10.4 Å². The maximum absolute atomic E-state index is 12.0. The van der Waals surface area contributed by atoms with Crippen LogP contribution in [0, 0.1) is 5.92 Å². The van der Waals surface area contributed by atoms with Crippen molar-refractivity contribution in [2.24, 2.45) is 5.92 Å². The predicted molar refractivity (Wildman–Crippen MR) is 79.2 cm³/mol. The summed E-state index contributed by atoms with van der Waals surface area (Å²) < 4.78 is 0. The minimum Gasteiger partial charge on any atom is -0.481 e. The second-order valence-corrected chi connectivity index (χ2v) is 6.21. The molecule has 2 heterocycles. The zero-order valence-electron chi connectivity index (χ0n) is 11.0. The average molecular weight is 310 g/mol. The molecule has 0 aliphatic carbocycles. The van der Waals surface area contributed by atoms with Crippen LogP contribution in [0.4, 0.5) is 0 Å². The molecule has 2 aromatic heterocycles. The fourth-order valence-electron chi connectivity index (χ4n) is 1.51. The van der Waals surface area contributed by atoms with Gasteiger partial charge in [-0.05, 0) is 25.3 Å². The van der Waals surface area contributed by atoms with Crippen molar-refractivity contribution in [3.63, 3.8) is 0 Å². The molecule has 0 saturated heterocycles. The Hall–Kier alpha value is -1.73. The number of hydrogen-bond acceptors (Lipinski definition) is 5. The van der Waals surface area contributed by atoms with Crippen molar-refractivity contribution in [3.8, 4) is 9.88 Å². The van der Waals surface area contributed by atoms with E-state index in [-0.39, 0.29) is 5.91 Å². The zero-order valence-corrected chi connectivity index (χ0v) is 12.6. The summed E-state index contributed by atoms with van der Waals surface area (Å²) in [5, 5.41) is 16.0. The largest absolute Gasteiger partial charge is 0.481 e. The van der Waals surface area contributed by atoms with Crippen molar-refractivity contribution in [2.45, 2.75) is 19.9 Å². The Balaban J connectivity index is 2.05. The van der Waals surface area contributed by atoms with Crippen molar-refractivity contribution in [2.75, 3.05) is 0 Å². The quantitative estimate of drug-likeness (QED) is 0.890. The van der Waals surface area contributed by atoms with Crippen LogP contribution in [-0.2, 0) is 4.79 Å². The zero-order chi connectivity index (χ0) is 14.7. The van der Waals surface area contributed by atoms with Crippen LogP contribution in [0.1, 0.15) is 24.3 Å². The lowest BCUT2D eigenvalue weighted by Gasteiger charge is -2.16. The van der Waals surface area contributed by atoms with E-state index < -0.39 is 17.9 Å². The van der Waals surface area contributed by atoms with Gasteiger partial charge in [0.05, 0.1) is 10.8 Å². The Bertz CT molecular complexity index is 607. The van der Waals surface area contributed by atoms with Gasteiger partial charge in [-0.3, -0.25) is 9.59 Å². The van der Waals surface area contributed by atoms with E-state index in [0.717, 1.165) is 9.88 Å². The lowest BCUT2D eigenvalue weighted by atomic mass is 10.0. The van der Waals surface area contributed by atoms with Crippen molar-refractivity contribution >= 4 is 34.6 Å². The van der Waals surface area contributed by atoms with Crippen molar-refractivity contribution in [1.82, 2.24) is 10.3 Å². The van der Waals surface area contributed by atoms with Gasteiger partial charge in [-0.2, -0.15) is 0 Å². The van der Waals surface area contributed by atoms with Gasteiger partial charge in [-0.1, -0.05) is 6.07 Å². The number of amides is 1. The van der Waals surface area contributed by atoms with Crippen molar-refractivity contribution in [3.05, 3.63) is 28.6 Å². The first-order chi connectivity index (χ1) is 9.49. The minimum atomic E-state index is -0.935. The molecular weight excluding hydrogens is 296 g/mol. The molecule has 106 valence electrons. The normalized spacial score (nSPS) is 13.7. The van der Waals surface area contributed by atoms with Crippen LogP contribution >= 0.6 is 22.7 Å². The molecule has 1 amide bonds. The van der Waals surface area contributed by atoms with Crippen molar-refractivity contribution < 1.29 is 14.7 Å². The molecule has 0 fully saturated rings. The smallest absolute Gasteiger partial charge is 0.308 e. The molecule has 0 aliphatic heterocycles. The number of nitrogens with zero attached hydrogens (tertiary/aromatic N) is 1. The van der Waals surface area contributed by atoms with Gasteiger partial charge >= 0.3 is 5.97 Å². The third-order valence-electron chi connectivity index (χ3n) is 2.97. The number of rotatable bonds is 5. The van der Waals surface area contributed by atoms with Crippen LogP contribution in [0.5, 0.6) is 0 Å². The number of carbonyl (C=O) groups is 2. The standard InChI is InChI=1S/C13H14N2O3S2/c1-7(13(17)18)8(2)14-11(16)9-6-20-12(15-9)10-4-3-5-19-10/h3-8H,1-2H3,(H,14,16)(H,17,18). The number of hydrogen-bond donors (Lipinski definition) is 2. The highest BCUT2D eigenvalue weighted by atomic mass is 32.1. The molecule has 0 aromatic carbocycles.